The van der Waals surface area contributed by atoms with Crippen LogP contribution in [0.5, 0.6) is 0 Å². The quantitative estimate of drug-likeness (QED) is 0.640. The average Bonchev–Trinajstić information content (AvgIpc) is 2.96. The van der Waals surface area contributed by atoms with E-state index in [4.69, 9.17) is 11.5 Å². The molecule has 0 bridgehead atoms. The van der Waals surface area contributed by atoms with Gasteiger partial charge in [0.15, 0.2) is 0 Å². The first-order chi connectivity index (χ1) is 11.1. The van der Waals surface area contributed by atoms with Crippen LogP contribution in [0.25, 0.3) is 11.0 Å². The zero-order valence-corrected chi connectivity index (χ0v) is 11.7. The first-order valence-electron chi connectivity index (χ1n) is 6.55. The van der Waals surface area contributed by atoms with Crippen LogP contribution in [0.1, 0.15) is 26.4 Å². The number of anilines is 1. The Morgan fingerprint density at radius 1 is 1.22 bits per heavy atom. The van der Waals surface area contributed by atoms with Crippen molar-refractivity contribution in [3.8, 4) is 12.3 Å². The molecule has 3 N–H and O–H groups in total. The number of fused-ring (bicyclic) bond motifs is 1. The van der Waals surface area contributed by atoms with Gasteiger partial charge in [0.2, 0.25) is 5.95 Å². The van der Waals surface area contributed by atoms with Crippen molar-refractivity contribution in [1.82, 2.24) is 15.0 Å². The molecular formula is C16H10N4O3. The van der Waals surface area contributed by atoms with Crippen molar-refractivity contribution in [3.63, 3.8) is 0 Å². The fourth-order valence-electron chi connectivity index (χ4n) is 2.14. The van der Waals surface area contributed by atoms with Crippen molar-refractivity contribution in [2.24, 2.45) is 0 Å². The van der Waals surface area contributed by atoms with Crippen molar-refractivity contribution >= 4 is 28.9 Å². The fourth-order valence-corrected chi connectivity index (χ4v) is 2.14. The van der Waals surface area contributed by atoms with Gasteiger partial charge in [-0.25, -0.2) is 14.8 Å². The van der Waals surface area contributed by atoms with Gasteiger partial charge in [-0.3, -0.25) is 10.1 Å². The lowest BCUT2D eigenvalue weighted by Crippen LogP contribution is -2.15. The Balaban J connectivity index is 1.96. The molecule has 0 unspecified atom stereocenters. The number of imidazole rings is 1. The topological polar surface area (TPSA) is 108 Å². The molecule has 2 heterocycles. The monoisotopic (exact) mass is 306 g/mol. The van der Waals surface area contributed by atoms with E-state index in [-0.39, 0.29) is 28.3 Å². The third-order valence-electron chi connectivity index (χ3n) is 3.16. The minimum atomic E-state index is -1.10. The van der Waals surface area contributed by atoms with E-state index in [1.54, 1.807) is 24.3 Å². The number of aromatic amines is 1. The maximum Gasteiger partial charge on any atom is 0.337 e. The number of nitrogens with zero attached hydrogens (tertiary/aromatic N) is 2. The number of hydrogen-bond donors (Lipinski definition) is 3. The van der Waals surface area contributed by atoms with Crippen LogP contribution in [0, 0.1) is 12.3 Å². The van der Waals surface area contributed by atoms with Crippen molar-refractivity contribution in [2.45, 2.75) is 0 Å². The molecule has 0 saturated heterocycles. The minimum Gasteiger partial charge on any atom is -0.478 e. The van der Waals surface area contributed by atoms with E-state index >= 15 is 0 Å². The number of para-hydroxylation sites is 1. The summed E-state index contributed by atoms with van der Waals surface area (Å²) in [6.45, 7) is 0. The molecule has 0 saturated carbocycles. The lowest BCUT2D eigenvalue weighted by Gasteiger charge is -2.03. The summed E-state index contributed by atoms with van der Waals surface area (Å²) in [5.41, 5.74) is 1.26. The number of terminal acetylenes is 1. The van der Waals surface area contributed by atoms with E-state index in [9.17, 15) is 9.59 Å². The maximum atomic E-state index is 12.3. The van der Waals surface area contributed by atoms with Gasteiger partial charge >= 0.3 is 5.97 Å². The highest BCUT2D eigenvalue weighted by molar-refractivity contribution is 6.06. The van der Waals surface area contributed by atoms with Crippen LogP contribution in [-0.2, 0) is 0 Å². The number of carboxylic acids is 1. The SMILES string of the molecule is C#Cc1ncccc1C(=O)Nc1nc2c(C(=O)O)cccc2[nH]1. The van der Waals surface area contributed by atoms with Crippen LogP contribution >= 0.6 is 0 Å². The Bertz CT molecular complexity index is 969. The van der Waals surface area contributed by atoms with Crippen LogP contribution in [-0.4, -0.2) is 31.9 Å². The van der Waals surface area contributed by atoms with E-state index in [0.29, 0.717) is 5.52 Å². The number of carbonyl (C=O) groups excluding carboxylic acids is 1. The molecule has 0 atom stereocenters. The summed E-state index contributed by atoms with van der Waals surface area (Å²) in [5, 5.41) is 11.7. The minimum absolute atomic E-state index is 0.0462. The summed E-state index contributed by atoms with van der Waals surface area (Å²) in [5.74, 6) is 0.883. The number of nitrogens with one attached hydrogen (secondary N) is 2. The van der Waals surface area contributed by atoms with Crippen LogP contribution in [0.3, 0.4) is 0 Å². The molecule has 0 aliphatic carbocycles. The molecule has 7 nitrogen and oxygen atoms in total. The van der Waals surface area contributed by atoms with Crippen LogP contribution in [0.2, 0.25) is 0 Å². The Morgan fingerprint density at radius 3 is 2.74 bits per heavy atom. The van der Waals surface area contributed by atoms with Gasteiger partial charge in [0, 0.05) is 6.20 Å². The lowest BCUT2D eigenvalue weighted by molar-refractivity contribution is 0.0698. The normalized spacial score (nSPS) is 10.2. The highest BCUT2D eigenvalue weighted by Crippen LogP contribution is 2.19. The molecule has 0 aliphatic rings. The number of hydrogen-bond acceptors (Lipinski definition) is 4. The van der Waals surface area contributed by atoms with Gasteiger partial charge in [0.25, 0.3) is 5.91 Å². The molecular weight excluding hydrogens is 296 g/mol. The third-order valence-corrected chi connectivity index (χ3v) is 3.16. The molecule has 2 aromatic heterocycles. The number of carboxylic acid groups (broad SMARTS) is 1. The summed E-state index contributed by atoms with van der Waals surface area (Å²) in [6, 6.07) is 7.84. The Kier molecular flexibility index (Phi) is 3.49. The summed E-state index contributed by atoms with van der Waals surface area (Å²) in [7, 11) is 0. The van der Waals surface area contributed by atoms with Crippen LogP contribution < -0.4 is 5.32 Å². The van der Waals surface area contributed by atoms with E-state index in [0.717, 1.165) is 0 Å². The molecule has 7 heteroatoms. The standard InChI is InChI=1S/C16H10N4O3/c1-2-11-9(6-4-8-17-11)14(21)20-16-18-12-7-3-5-10(15(22)23)13(12)19-16/h1,3-8H,(H,22,23)(H2,18,19,20,21). The van der Waals surface area contributed by atoms with E-state index in [1.165, 1.54) is 12.3 Å². The zero-order valence-electron chi connectivity index (χ0n) is 11.7. The molecule has 0 fully saturated rings. The second kappa shape index (κ2) is 5.61. The molecule has 1 amide bonds. The Hall–Kier alpha value is -3.66. The van der Waals surface area contributed by atoms with Gasteiger partial charge in [-0.1, -0.05) is 6.07 Å². The van der Waals surface area contributed by atoms with Gasteiger partial charge in [-0.2, -0.15) is 0 Å². The number of H-pyrrole nitrogens is 1. The number of pyridine rings is 1. The number of rotatable bonds is 3. The summed E-state index contributed by atoms with van der Waals surface area (Å²) in [6.07, 6.45) is 6.81. The summed E-state index contributed by atoms with van der Waals surface area (Å²) < 4.78 is 0. The second-order valence-electron chi connectivity index (χ2n) is 4.59. The lowest BCUT2D eigenvalue weighted by atomic mass is 10.2. The van der Waals surface area contributed by atoms with E-state index < -0.39 is 11.9 Å². The molecule has 0 aliphatic heterocycles. The van der Waals surface area contributed by atoms with Crippen molar-refractivity contribution in [3.05, 3.63) is 53.3 Å². The number of amides is 1. The van der Waals surface area contributed by atoms with Gasteiger partial charge in [-0.05, 0) is 30.2 Å². The van der Waals surface area contributed by atoms with E-state index in [2.05, 4.69) is 26.2 Å². The number of aromatic carboxylic acids is 1. The van der Waals surface area contributed by atoms with Crippen molar-refractivity contribution in [2.75, 3.05) is 5.32 Å². The highest BCUT2D eigenvalue weighted by atomic mass is 16.4. The number of benzene rings is 1. The smallest absolute Gasteiger partial charge is 0.337 e. The average molecular weight is 306 g/mol. The molecule has 0 spiro atoms. The number of carbonyl (C=O) groups is 2. The van der Waals surface area contributed by atoms with Crippen molar-refractivity contribution in [1.29, 1.82) is 0 Å². The largest absolute Gasteiger partial charge is 0.478 e. The van der Waals surface area contributed by atoms with Gasteiger partial charge in [0.1, 0.15) is 11.2 Å². The second-order valence-corrected chi connectivity index (χ2v) is 4.59. The highest BCUT2D eigenvalue weighted by Gasteiger charge is 2.16. The molecule has 1 aromatic carbocycles. The molecule has 3 rings (SSSR count). The maximum absolute atomic E-state index is 12.3. The first kappa shape index (κ1) is 14.3. The van der Waals surface area contributed by atoms with Crippen molar-refractivity contribution < 1.29 is 14.7 Å². The summed E-state index contributed by atoms with van der Waals surface area (Å²) in [4.78, 5) is 34.3. The number of aromatic nitrogens is 3. The van der Waals surface area contributed by atoms with Crippen LogP contribution in [0.15, 0.2) is 36.5 Å². The Morgan fingerprint density at radius 2 is 2.00 bits per heavy atom. The predicted molar refractivity (Wildman–Crippen MR) is 83.2 cm³/mol. The molecule has 112 valence electrons. The first-order valence-corrected chi connectivity index (χ1v) is 6.55. The predicted octanol–water partition coefficient (Wildman–Crippen LogP) is 1.89. The zero-order chi connectivity index (χ0) is 16.4. The Labute approximate surface area is 130 Å². The summed E-state index contributed by atoms with van der Waals surface area (Å²) >= 11 is 0. The molecule has 23 heavy (non-hydrogen) atoms. The molecule has 0 radical (unpaired) electrons. The van der Waals surface area contributed by atoms with Gasteiger partial charge < -0.3 is 10.1 Å². The molecule has 3 aromatic rings. The van der Waals surface area contributed by atoms with Crippen LogP contribution in [0.4, 0.5) is 5.95 Å². The van der Waals surface area contributed by atoms with Gasteiger partial charge in [-0.15, -0.1) is 6.42 Å². The van der Waals surface area contributed by atoms with Gasteiger partial charge in [0.05, 0.1) is 16.6 Å². The van der Waals surface area contributed by atoms with E-state index in [1.807, 2.05) is 0 Å². The fraction of sp³-hybridized carbons (Fsp3) is 0. The third kappa shape index (κ3) is 2.61.